The zero-order valence-electron chi connectivity index (χ0n) is 18.3. The number of carbonyl (C=O) groups is 2. The first-order chi connectivity index (χ1) is 16.7. The van der Waals surface area contributed by atoms with Crippen molar-refractivity contribution in [2.75, 3.05) is 42.5 Å². The van der Waals surface area contributed by atoms with E-state index in [2.05, 4.69) is 9.72 Å². The van der Waals surface area contributed by atoms with Crippen molar-refractivity contribution in [2.24, 2.45) is 5.92 Å². The van der Waals surface area contributed by atoms with Gasteiger partial charge in [0.15, 0.2) is 5.13 Å². The Labute approximate surface area is 201 Å². The molecule has 184 valence electrons. The van der Waals surface area contributed by atoms with E-state index in [9.17, 15) is 27.2 Å². The molecule has 0 radical (unpaired) electrons. The molecule has 0 bridgehead atoms. The van der Waals surface area contributed by atoms with Gasteiger partial charge >= 0.3 is 6.36 Å². The van der Waals surface area contributed by atoms with Gasteiger partial charge in [0.05, 0.1) is 16.1 Å². The topological polar surface area (TPSA) is 66.0 Å². The highest BCUT2D eigenvalue weighted by atomic mass is 32.1. The number of fused-ring (bicyclic) bond motifs is 1. The molecule has 1 atom stereocenters. The lowest BCUT2D eigenvalue weighted by molar-refractivity contribution is -0.274. The quantitative estimate of drug-likeness (QED) is 0.498. The van der Waals surface area contributed by atoms with Crippen molar-refractivity contribution in [1.29, 1.82) is 0 Å². The Hall–Kier alpha value is -3.41. The minimum absolute atomic E-state index is 0.0964. The Morgan fingerprint density at radius 2 is 1.77 bits per heavy atom. The number of hydrogen-bond acceptors (Lipinski definition) is 6. The van der Waals surface area contributed by atoms with Crippen LogP contribution in [0.15, 0.2) is 42.5 Å². The number of amides is 2. The van der Waals surface area contributed by atoms with Crippen molar-refractivity contribution < 1.29 is 31.9 Å². The molecule has 2 aliphatic heterocycles. The second-order valence-electron chi connectivity index (χ2n) is 8.37. The fourth-order valence-electron chi connectivity index (χ4n) is 4.35. The number of rotatable bonds is 4. The third-order valence-electron chi connectivity index (χ3n) is 6.06. The molecule has 0 saturated carbocycles. The van der Waals surface area contributed by atoms with Crippen LogP contribution in [-0.2, 0) is 9.59 Å². The zero-order chi connectivity index (χ0) is 24.7. The van der Waals surface area contributed by atoms with Gasteiger partial charge in [-0.1, -0.05) is 11.3 Å². The summed E-state index contributed by atoms with van der Waals surface area (Å²) in [7, 11) is 0. The third kappa shape index (κ3) is 5.02. The number of hydrogen-bond donors (Lipinski definition) is 0. The Bertz CT molecular complexity index is 1260. The van der Waals surface area contributed by atoms with Crippen LogP contribution in [0.3, 0.4) is 0 Å². The number of carbonyl (C=O) groups excluding carboxylic acids is 2. The van der Waals surface area contributed by atoms with E-state index in [0.717, 1.165) is 0 Å². The van der Waals surface area contributed by atoms with Crippen LogP contribution in [0.1, 0.15) is 6.42 Å². The molecule has 0 N–H and O–H groups in total. The van der Waals surface area contributed by atoms with Gasteiger partial charge in [0, 0.05) is 50.9 Å². The first-order valence-corrected chi connectivity index (χ1v) is 11.7. The number of anilines is 2. The summed E-state index contributed by atoms with van der Waals surface area (Å²) in [6, 6.07) is 9.64. The molecule has 0 aliphatic carbocycles. The van der Waals surface area contributed by atoms with Gasteiger partial charge in [0.2, 0.25) is 11.8 Å². The van der Waals surface area contributed by atoms with Gasteiger partial charge in [0.25, 0.3) is 0 Å². The summed E-state index contributed by atoms with van der Waals surface area (Å²) in [5.74, 6) is -1.42. The molecule has 1 unspecified atom stereocenters. The van der Waals surface area contributed by atoms with Gasteiger partial charge in [0.1, 0.15) is 11.6 Å². The van der Waals surface area contributed by atoms with Crippen LogP contribution in [0, 0.1) is 11.7 Å². The molecule has 1 aromatic heterocycles. The van der Waals surface area contributed by atoms with Gasteiger partial charge in [-0.3, -0.25) is 9.59 Å². The monoisotopic (exact) mass is 508 g/mol. The Morgan fingerprint density at radius 3 is 2.46 bits per heavy atom. The minimum atomic E-state index is -4.76. The number of nitrogens with zero attached hydrogens (tertiary/aromatic N) is 4. The molecular weight excluding hydrogens is 488 g/mol. The highest BCUT2D eigenvalue weighted by Crippen LogP contribution is 2.34. The molecule has 35 heavy (non-hydrogen) atoms. The van der Waals surface area contributed by atoms with E-state index < -0.39 is 18.1 Å². The van der Waals surface area contributed by atoms with Crippen LogP contribution in [0.2, 0.25) is 0 Å². The summed E-state index contributed by atoms with van der Waals surface area (Å²) in [6.45, 7) is 2.17. The molecule has 2 amide bonds. The number of benzene rings is 2. The van der Waals surface area contributed by atoms with E-state index in [0.29, 0.717) is 47.2 Å². The van der Waals surface area contributed by atoms with E-state index in [1.165, 1.54) is 58.7 Å². The van der Waals surface area contributed by atoms with E-state index in [4.69, 9.17) is 0 Å². The Kier molecular flexibility index (Phi) is 5.99. The maximum Gasteiger partial charge on any atom is 0.573 e. The Morgan fingerprint density at radius 1 is 1.06 bits per heavy atom. The molecule has 2 fully saturated rings. The predicted molar refractivity (Wildman–Crippen MR) is 122 cm³/mol. The molecule has 3 aromatic rings. The van der Waals surface area contributed by atoms with Crippen LogP contribution in [-0.4, -0.2) is 60.8 Å². The van der Waals surface area contributed by atoms with Crippen molar-refractivity contribution in [2.45, 2.75) is 12.8 Å². The van der Waals surface area contributed by atoms with Crippen molar-refractivity contribution >= 4 is 44.2 Å². The number of aromatic nitrogens is 1. The first kappa shape index (κ1) is 23.3. The SMILES string of the molecule is O=C(C1CC(=O)N(c2ccc(F)cc2)C1)N1CCN(c2nc3ccc(OC(F)(F)F)cc3s2)CC1. The van der Waals surface area contributed by atoms with Gasteiger partial charge in [-0.15, -0.1) is 13.2 Å². The van der Waals surface area contributed by atoms with Gasteiger partial charge in [-0.25, -0.2) is 9.37 Å². The fourth-order valence-corrected chi connectivity index (χ4v) is 5.39. The van der Waals surface area contributed by atoms with Crippen LogP contribution in [0.25, 0.3) is 10.2 Å². The lowest BCUT2D eigenvalue weighted by Gasteiger charge is -2.35. The maximum absolute atomic E-state index is 13.2. The van der Waals surface area contributed by atoms with E-state index in [1.54, 1.807) is 4.90 Å². The molecule has 2 saturated heterocycles. The van der Waals surface area contributed by atoms with Crippen LogP contribution >= 0.6 is 11.3 Å². The lowest BCUT2D eigenvalue weighted by Crippen LogP contribution is -2.50. The molecule has 12 heteroatoms. The van der Waals surface area contributed by atoms with Gasteiger partial charge in [-0.05, 0) is 36.4 Å². The predicted octanol–water partition coefficient (Wildman–Crippen LogP) is 4.04. The highest BCUT2D eigenvalue weighted by molar-refractivity contribution is 7.22. The number of ether oxygens (including phenoxy) is 1. The summed E-state index contributed by atoms with van der Waals surface area (Å²) >= 11 is 1.26. The zero-order valence-corrected chi connectivity index (χ0v) is 19.1. The number of piperazine rings is 1. The largest absolute Gasteiger partial charge is 0.573 e. The van der Waals surface area contributed by atoms with Crippen molar-refractivity contribution in [3.63, 3.8) is 0 Å². The highest BCUT2D eigenvalue weighted by Gasteiger charge is 2.38. The number of alkyl halides is 3. The van der Waals surface area contributed by atoms with E-state index >= 15 is 0 Å². The van der Waals surface area contributed by atoms with Crippen molar-refractivity contribution in [3.05, 3.63) is 48.3 Å². The average molecular weight is 508 g/mol. The van der Waals surface area contributed by atoms with E-state index in [-0.39, 0.29) is 30.5 Å². The molecule has 2 aliphatic rings. The van der Waals surface area contributed by atoms with Crippen molar-refractivity contribution in [3.8, 4) is 5.75 Å². The third-order valence-corrected chi connectivity index (χ3v) is 7.14. The summed E-state index contributed by atoms with van der Waals surface area (Å²) < 4.78 is 55.2. The average Bonchev–Trinajstić information content (AvgIpc) is 3.41. The van der Waals surface area contributed by atoms with Gasteiger partial charge in [-0.2, -0.15) is 0 Å². The fraction of sp³-hybridized carbons (Fsp3) is 0.348. The minimum Gasteiger partial charge on any atom is -0.406 e. The second kappa shape index (κ2) is 8.99. The molecule has 7 nitrogen and oxygen atoms in total. The second-order valence-corrected chi connectivity index (χ2v) is 9.38. The van der Waals surface area contributed by atoms with E-state index in [1.807, 2.05) is 4.90 Å². The summed E-state index contributed by atoms with van der Waals surface area (Å²) in [5.41, 5.74) is 1.14. The van der Waals surface area contributed by atoms with Gasteiger partial charge < -0.3 is 19.4 Å². The lowest BCUT2D eigenvalue weighted by atomic mass is 10.1. The maximum atomic E-state index is 13.2. The standard InChI is InChI=1S/C23H20F4N4O3S/c24-15-1-3-16(4-2-15)31-13-14(11-20(31)32)21(33)29-7-9-30(10-8-29)22-28-18-6-5-17(12-19(18)35-22)34-23(25,26)27/h1-6,12,14H,7-11,13H2. The molecule has 5 rings (SSSR count). The first-order valence-electron chi connectivity index (χ1n) is 10.9. The Balaban J connectivity index is 1.20. The van der Waals surface area contributed by atoms with Crippen LogP contribution in [0.5, 0.6) is 5.75 Å². The normalized spacial score (nSPS) is 19.0. The van der Waals surface area contributed by atoms with Crippen LogP contribution < -0.4 is 14.5 Å². The smallest absolute Gasteiger partial charge is 0.406 e. The molecular formula is C23H20F4N4O3S. The van der Waals surface area contributed by atoms with Crippen LogP contribution in [0.4, 0.5) is 28.4 Å². The molecule has 2 aromatic carbocycles. The van der Waals surface area contributed by atoms with Crippen molar-refractivity contribution in [1.82, 2.24) is 9.88 Å². The number of thiazole rings is 1. The molecule has 3 heterocycles. The number of halogens is 4. The summed E-state index contributed by atoms with van der Waals surface area (Å²) in [5, 5.41) is 0.662. The summed E-state index contributed by atoms with van der Waals surface area (Å²) in [4.78, 5) is 35.3. The molecule has 0 spiro atoms. The summed E-state index contributed by atoms with van der Waals surface area (Å²) in [6.07, 6.45) is -4.65.